The number of halogens is 1. The lowest BCUT2D eigenvalue weighted by Gasteiger charge is -2.07. The fraction of sp³-hybridized carbons (Fsp3) is 0.571. The van der Waals surface area contributed by atoms with Gasteiger partial charge >= 0.3 is 0 Å². The summed E-state index contributed by atoms with van der Waals surface area (Å²) in [6.45, 7) is 3.95. The van der Waals surface area contributed by atoms with Gasteiger partial charge in [0.05, 0.1) is 6.10 Å². The molecule has 1 aromatic heterocycles. The van der Waals surface area contributed by atoms with Crippen LogP contribution in [0.3, 0.4) is 0 Å². The molecule has 0 N–H and O–H groups in total. The van der Waals surface area contributed by atoms with Crippen LogP contribution in [0.2, 0.25) is 0 Å². The fourth-order valence-electron chi connectivity index (χ4n) is 0.734. The van der Waals surface area contributed by atoms with Crippen LogP contribution in [0.15, 0.2) is 10.8 Å². The maximum Gasteiger partial charge on any atom is 0.297 e. The molecule has 4 heteroatoms. The Kier molecular flexibility index (Phi) is 2.54. The second-order valence-electron chi connectivity index (χ2n) is 2.62. The van der Waals surface area contributed by atoms with Gasteiger partial charge < -0.3 is 9.30 Å². The van der Waals surface area contributed by atoms with Gasteiger partial charge in [0.1, 0.15) is 4.60 Å². The van der Waals surface area contributed by atoms with Gasteiger partial charge in [0.25, 0.3) is 6.01 Å². The van der Waals surface area contributed by atoms with Gasteiger partial charge in [0, 0.05) is 13.2 Å². The van der Waals surface area contributed by atoms with Gasteiger partial charge in [-0.1, -0.05) is 0 Å². The highest BCUT2D eigenvalue weighted by Gasteiger charge is 2.04. The van der Waals surface area contributed by atoms with E-state index in [0.29, 0.717) is 6.01 Å². The maximum atomic E-state index is 5.39. The normalized spacial score (nSPS) is 10.6. The van der Waals surface area contributed by atoms with E-state index in [-0.39, 0.29) is 6.10 Å². The topological polar surface area (TPSA) is 27.1 Å². The highest BCUT2D eigenvalue weighted by Crippen LogP contribution is 2.15. The molecule has 0 fully saturated rings. The third-order valence-electron chi connectivity index (χ3n) is 1.15. The van der Waals surface area contributed by atoms with Crippen molar-refractivity contribution in [3.05, 3.63) is 10.8 Å². The molecule has 62 valence electrons. The van der Waals surface area contributed by atoms with E-state index in [9.17, 15) is 0 Å². The summed E-state index contributed by atoms with van der Waals surface area (Å²) in [7, 11) is 1.90. The first kappa shape index (κ1) is 8.59. The number of rotatable bonds is 2. The molecule has 1 rings (SSSR count). The zero-order valence-electron chi connectivity index (χ0n) is 6.84. The van der Waals surface area contributed by atoms with Crippen molar-refractivity contribution in [2.45, 2.75) is 20.0 Å². The summed E-state index contributed by atoms with van der Waals surface area (Å²) in [5, 5.41) is 0. The summed E-state index contributed by atoms with van der Waals surface area (Å²) >= 11 is 3.26. The standard InChI is InChI=1S/C7H11BrN2O/c1-5(2)11-7-9-6(8)4-10(7)3/h4-5H,1-3H3. The number of aryl methyl sites for hydroxylation is 1. The summed E-state index contributed by atoms with van der Waals surface area (Å²) in [4.78, 5) is 4.11. The second kappa shape index (κ2) is 3.26. The smallest absolute Gasteiger partial charge is 0.297 e. The minimum atomic E-state index is 0.169. The lowest BCUT2D eigenvalue weighted by Crippen LogP contribution is -2.08. The molecule has 0 saturated carbocycles. The third-order valence-corrected chi connectivity index (χ3v) is 1.53. The molecular formula is C7H11BrN2O. The van der Waals surface area contributed by atoms with Gasteiger partial charge in [-0.05, 0) is 29.8 Å². The monoisotopic (exact) mass is 218 g/mol. The van der Waals surface area contributed by atoms with Crippen molar-refractivity contribution in [1.82, 2.24) is 9.55 Å². The number of nitrogens with zero attached hydrogens (tertiary/aromatic N) is 2. The maximum absolute atomic E-state index is 5.39. The van der Waals surface area contributed by atoms with Crippen LogP contribution in [0.25, 0.3) is 0 Å². The van der Waals surface area contributed by atoms with Crippen LogP contribution in [-0.4, -0.2) is 15.7 Å². The Morgan fingerprint density at radius 2 is 2.27 bits per heavy atom. The lowest BCUT2D eigenvalue weighted by atomic mass is 10.5. The van der Waals surface area contributed by atoms with Crippen LogP contribution < -0.4 is 4.74 Å². The highest BCUT2D eigenvalue weighted by atomic mass is 79.9. The average molecular weight is 219 g/mol. The van der Waals surface area contributed by atoms with Gasteiger partial charge in [-0.2, -0.15) is 4.98 Å². The van der Waals surface area contributed by atoms with E-state index in [1.54, 1.807) is 0 Å². The number of aromatic nitrogens is 2. The molecule has 0 unspecified atom stereocenters. The fourth-order valence-corrected chi connectivity index (χ4v) is 1.19. The third kappa shape index (κ3) is 2.22. The van der Waals surface area contributed by atoms with E-state index < -0.39 is 0 Å². The van der Waals surface area contributed by atoms with Crippen molar-refractivity contribution >= 4 is 15.9 Å². The molecular weight excluding hydrogens is 208 g/mol. The molecule has 0 bridgehead atoms. The van der Waals surface area contributed by atoms with Crippen LogP contribution in [0.4, 0.5) is 0 Å². The van der Waals surface area contributed by atoms with Gasteiger partial charge in [-0.25, -0.2) is 0 Å². The second-order valence-corrected chi connectivity index (χ2v) is 3.44. The quantitative estimate of drug-likeness (QED) is 0.760. The van der Waals surface area contributed by atoms with Crippen LogP contribution in [0.5, 0.6) is 6.01 Å². The molecule has 0 aliphatic heterocycles. The first-order valence-electron chi connectivity index (χ1n) is 3.45. The van der Waals surface area contributed by atoms with E-state index in [1.165, 1.54) is 0 Å². The molecule has 11 heavy (non-hydrogen) atoms. The van der Waals surface area contributed by atoms with E-state index in [0.717, 1.165) is 4.60 Å². The molecule has 0 atom stereocenters. The van der Waals surface area contributed by atoms with E-state index in [2.05, 4.69) is 20.9 Å². The zero-order chi connectivity index (χ0) is 8.43. The number of ether oxygens (including phenoxy) is 1. The van der Waals surface area contributed by atoms with Gasteiger partial charge in [0.2, 0.25) is 0 Å². The molecule has 0 saturated heterocycles. The van der Waals surface area contributed by atoms with Gasteiger partial charge in [-0.3, -0.25) is 0 Å². The average Bonchev–Trinajstić information content (AvgIpc) is 2.09. The van der Waals surface area contributed by atoms with Crippen LogP contribution >= 0.6 is 15.9 Å². The van der Waals surface area contributed by atoms with E-state index in [4.69, 9.17) is 4.74 Å². The molecule has 0 aliphatic rings. The highest BCUT2D eigenvalue weighted by molar-refractivity contribution is 9.10. The van der Waals surface area contributed by atoms with Crippen molar-refractivity contribution in [2.24, 2.45) is 7.05 Å². The molecule has 0 spiro atoms. The Hall–Kier alpha value is -0.510. The summed E-state index contributed by atoms with van der Waals surface area (Å²) in [6.07, 6.45) is 2.03. The number of hydrogen-bond donors (Lipinski definition) is 0. The van der Waals surface area contributed by atoms with Crippen molar-refractivity contribution in [3.8, 4) is 6.01 Å². The molecule has 1 aromatic rings. The molecule has 0 aromatic carbocycles. The van der Waals surface area contributed by atoms with E-state index >= 15 is 0 Å². The molecule has 1 heterocycles. The Balaban J connectivity index is 2.77. The molecule has 0 radical (unpaired) electrons. The molecule has 3 nitrogen and oxygen atoms in total. The molecule has 0 amide bonds. The summed E-state index contributed by atoms with van der Waals surface area (Å²) in [5.74, 6) is 0. The first-order valence-corrected chi connectivity index (χ1v) is 4.24. The predicted octanol–water partition coefficient (Wildman–Crippen LogP) is 1.97. The van der Waals surface area contributed by atoms with Crippen molar-refractivity contribution in [2.75, 3.05) is 0 Å². The Morgan fingerprint density at radius 1 is 1.64 bits per heavy atom. The first-order chi connectivity index (χ1) is 5.09. The summed E-state index contributed by atoms with van der Waals surface area (Å²) in [5.41, 5.74) is 0. The summed E-state index contributed by atoms with van der Waals surface area (Å²) < 4.78 is 8.03. The lowest BCUT2D eigenvalue weighted by molar-refractivity contribution is 0.215. The van der Waals surface area contributed by atoms with Crippen molar-refractivity contribution < 1.29 is 4.74 Å². The van der Waals surface area contributed by atoms with Crippen molar-refractivity contribution in [3.63, 3.8) is 0 Å². The van der Waals surface area contributed by atoms with Crippen LogP contribution in [0.1, 0.15) is 13.8 Å². The summed E-state index contributed by atoms with van der Waals surface area (Å²) in [6, 6.07) is 0.645. The predicted molar refractivity (Wildman–Crippen MR) is 46.7 cm³/mol. The minimum Gasteiger partial charge on any atom is -0.462 e. The number of imidazole rings is 1. The Morgan fingerprint density at radius 3 is 2.64 bits per heavy atom. The SMILES string of the molecule is CC(C)Oc1nc(Br)cn1C. The van der Waals surface area contributed by atoms with Gasteiger partial charge in [-0.15, -0.1) is 0 Å². The Bertz CT molecular complexity index is 245. The largest absolute Gasteiger partial charge is 0.462 e. The van der Waals surface area contributed by atoms with Crippen LogP contribution in [-0.2, 0) is 7.05 Å². The zero-order valence-corrected chi connectivity index (χ0v) is 8.42. The van der Waals surface area contributed by atoms with Crippen molar-refractivity contribution in [1.29, 1.82) is 0 Å². The van der Waals surface area contributed by atoms with Crippen LogP contribution in [0, 0.1) is 0 Å². The number of hydrogen-bond acceptors (Lipinski definition) is 2. The minimum absolute atomic E-state index is 0.169. The molecule has 0 aliphatic carbocycles. The van der Waals surface area contributed by atoms with Gasteiger partial charge in [0.15, 0.2) is 0 Å². The Labute approximate surface area is 74.5 Å². The van der Waals surface area contributed by atoms with E-state index in [1.807, 2.05) is 31.7 Å².